The van der Waals surface area contributed by atoms with Crippen molar-refractivity contribution in [2.45, 2.75) is 84.0 Å². The molecule has 1 rings (SSSR count). The Morgan fingerprint density at radius 1 is 1.17 bits per heavy atom. The van der Waals surface area contributed by atoms with Gasteiger partial charge in [0, 0.05) is 30.1 Å². The summed E-state index contributed by atoms with van der Waals surface area (Å²) in [6.07, 6.45) is 7.41. The lowest BCUT2D eigenvalue weighted by Gasteiger charge is -2.27. The molecule has 0 bridgehead atoms. The largest absolute Gasteiger partial charge is 0.507 e. The molecule has 30 heavy (non-hydrogen) atoms. The molecule has 0 spiro atoms. The highest BCUT2D eigenvalue weighted by Gasteiger charge is 2.26. The lowest BCUT2D eigenvalue weighted by atomic mass is 9.78. The van der Waals surface area contributed by atoms with E-state index < -0.39 is 11.9 Å². The van der Waals surface area contributed by atoms with Crippen LogP contribution in [0.25, 0.3) is 0 Å². The van der Waals surface area contributed by atoms with Gasteiger partial charge in [-0.2, -0.15) is 0 Å². The fraction of sp³-hybridized carbons (Fsp3) is 0.560. The number of carboxylic acids is 1. The minimum Gasteiger partial charge on any atom is -0.507 e. The number of benzene rings is 1. The SMILES string of the molecule is C=C(C)C[C@H](/C=C(\CCO)C(=O)O)c1c(O)cc(C(C)(C)CCCCCC)cc1O. The molecule has 0 aliphatic carbocycles. The number of phenols is 2. The van der Waals surface area contributed by atoms with Crippen LogP contribution in [-0.4, -0.2) is 33.0 Å². The Kier molecular flexibility index (Phi) is 10.1. The molecule has 0 aliphatic heterocycles. The highest BCUT2D eigenvalue weighted by molar-refractivity contribution is 5.86. The molecule has 5 heteroatoms. The van der Waals surface area contributed by atoms with Crippen LogP contribution < -0.4 is 0 Å². The average molecular weight is 419 g/mol. The molecule has 0 aliphatic rings. The molecule has 168 valence electrons. The van der Waals surface area contributed by atoms with Gasteiger partial charge in [0.15, 0.2) is 0 Å². The van der Waals surface area contributed by atoms with E-state index in [0.29, 0.717) is 12.0 Å². The van der Waals surface area contributed by atoms with Gasteiger partial charge in [0.2, 0.25) is 0 Å². The summed E-state index contributed by atoms with van der Waals surface area (Å²) in [6.45, 7) is 11.8. The van der Waals surface area contributed by atoms with Crippen molar-refractivity contribution in [1.82, 2.24) is 0 Å². The fourth-order valence-corrected chi connectivity index (χ4v) is 3.78. The topological polar surface area (TPSA) is 98.0 Å². The van der Waals surface area contributed by atoms with E-state index >= 15 is 0 Å². The van der Waals surface area contributed by atoms with Crippen molar-refractivity contribution in [2.24, 2.45) is 0 Å². The van der Waals surface area contributed by atoms with Crippen molar-refractivity contribution < 1.29 is 25.2 Å². The number of carbonyl (C=O) groups is 1. The number of hydrogen-bond acceptors (Lipinski definition) is 4. The van der Waals surface area contributed by atoms with Crippen LogP contribution in [0, 0.1) is 0 Å². The molecule has 0 saturated carbocycles. The molecule has 4 N–H and O–H groups in total. The summed E-state index contributed by atoms with van der Waals surface area (Å²) in [7, 11) is 0. The number of phenolic OH excluding ortho intramolecular Hbond substituents is 2. The molecule has 1 atom stereocenters. The summed E-state index contributed by atoms with van der Waals surface area (Å²) in [5.41, 5.74) is 1.78. The van der Waals surface area contributed by atoms with Gasteiger partial charge in [-0.3, -0.25) is 0 Å². The summed E-state index contributed by atoms with van der Waals surface area (Å²) in [4.78, 5) is 11.5. The predicted octanol–water partition coefficient (Wildman–Crippen LogP) is 5.79. The Morgan fingerprint density at radius 3 is 2.23 bits per heavy atom. The minimum absolute atomic E-state index is 0.00752. The first-order valence-electron chi connectivity index (χ1n) is 10.8. The number of allylic oxidation sites excluding steroid dienone is 2. The average Bonchev–Trinajstić information content (AvgIpc) is 2.63. The highest BCUT2D eigenvalue weighted by atomic mass is 16.4. The third-order valence-electron chi connectivity index (χ3n) is 5.57. The van der Waals surface area contributed by atoms with Gasteiger partial charge in [-0.1, -0.05) is 58.1 Å². The Balaban J connectivity index is 3.32. The van der Waals surface area contributed by atoms with Gasteiger partial charge in [0.1, 0.15) is 11.5 Å². The lowest BCUT2D eigenvalue weighted by Crippen LogP contribution is -2.17. The van der Waals surface area contributed by atoms with Crippen molar-refractivity contribution in [1.29, 1.82) is 0 Å². The van der Waals surface area contributed by atoms with Crippen LogP contribution in [0.5, 0.6) is 11.5 Å². The standard InChI is InChI=1S/C25H38O5/c1-6-7-8-9-11-25(4,5)20-15-21(27)23(22(28)16-20)19(13-17(2)3)14-18(10-12-26)24(29)30/h14-16,19,26-28H,2,6-13H2,1,3-5H3,(H,29,30)/b18-14+/t19-/m1/s1. The van der Waals surface area contributed by atoms with Gasteiger partial charge in [0.25, 0.3) is 0 Å². The molecular weight excluding hydrogens is 380 g/mol. The first kappa shape index (κ1) is 25.8. The Labute approximate surface area is 180 Å². The molecule has 0 aromatic heterocycles. The van der Waals surface area contributed by atoms with Gasteiger partial charge in [-0.05, 0) is 42.9 Å². The first-order valence-corrected chi connectivity index (χ1v) is 10.8. The third kappa shape index (κ3) is 7.52. The zero-order valence-electron chi connectivity index (χ0n) is 18.9. The van der Waals surface area contributed by atoms with Crippen molar-refractivity contribution >= 4 is 5.97 Å². The maximum Gasteiger partial charge on any atom is 0.331 e. The molecule has 1 aromatic rings. The van der Waals surface area contributed by atoms with Gasteiger partial charge < -0.3 is 20.4 Å². The maximum atomic E-state index is 11.5. The molecule has 0 fully saturated rings. The molecule has 1 aromatic carbocycles. The van der Waals surface area contributed by atoms with Gasteiger partial charge in [-0.25, -0.2) is 4.79 Å². The maximum absolute atomic E-state index is 11.5. The summed E-state index contributed by atoms with van der Waals surface area (Å²) >= 11 is 0. The molecule has 0 saturated heterocycles. The molecule has 0 unspecified atom stereocenters. The van der Waals surface area contributed by atoms with E-state index in [0.717, 1.165) is 30.4 Å². The van der Waals surface area contributed by atoms with E-state index in [-0.39, 0.29) is 35.5 Å². The summed E-state index contributed by atoms with van der Waals surface area (Å²) < 4.78 is 0. The number of aromatic hydroxyl groups is 2. The lowest BCUT2D eigenvalue weighted by molar-refractivity contribution is -0.132. The van der Waals surface area contributed by atoms with Crippen molar-refractivity contribution in [2.75, 3.05) is 6.61 Å². The van der Waals surface area contributed by atoms with Gasteiger partial charge in [-0.15, -0.1) is 6.58 Å². The van der Waals surface area contributed by atoms with Crippen molar-refractivity contribution in [3.8, 4) is 11.5 Å². The van der Waals surface area contributed by atoms with E-state index in [1.54, 1.807) is 12.1 Å². The second-order valence-electron chi connectivity index (χ2n) is 8.86. The number of carboxylic acid groups (broad SMARTS) is 1. The van der Waals surface area contributed by atoms with E-state index in [9.17, 15) is 25.2 Å². The fourth-order valence-electron chi connectivity index (χ4n) is 3.78. The zero-order chi connectivity index (χ0) is 22.9. The van der Waals surface area contributed by atoms with E-state index in [4.69, 9.17) is 0 Å². The van der Waals surface area contributed by atoms with Crippen molar-refractivity contribution in [3.05, 3.63) is 47.1 Å². The van der Waals surface area contributed by atoms with Crippen molar-refractivity contribution in [3.63, 3.8) is 0 Å². The highest BCUT2D eigenvalue weighted by Crippen LogP contribution is 2.43. The monoisotopic (exact) mass is 418 g/mol. The van der Waals surface area contributed by atoms with Crippen LogP contribution in [0.1, 0.15) is 89.7 Å². The molecular formula is C25H38O5. The zero-order valence-corrected chi connectivity index (χ0v) is 18.9. The summed E-state index contributed by atoms with van der Waals surface area (Å²) in [6, 6.07) is 3.36. The van der Waals surface area contributed by atoms with E-state index in [1.165, 1.54) is 18.9 Å². The van der Waals surface area contributed by atoms with Crippen LogP contribution in [0.15, 0.2) is 35.9 Å². The molecule has 0 radical (unpaired) electrons. The Morgan fingerprint density at radius 2 is 1.77 bits per heavy atom. The van der Waals surface area contributed by atoms with Crippen LogP contribution >= 0.6 is 0 Å². The number of hydrogen-bond donors (Lipinski definition) is 4. The summed E-state index contributed by atoms with van der Waals surface area (Å²) in [5.74, 6) is -1.79. The van der Waals surface area contributed by atoms with Gasteiger partial charge >= 0.3 is 5.97 Å². The predicted molar refractivity (Wildman–Crippen MR) is 121 cm³/mol. The minimum atomic E-state index is -1.13. The van der Waals surface area contributed by atoms with Crippen LogP contribution in [0.3, 0.4) is 0 Å². The van der Waals surface area contributed by atoms with Crippen LogP contribution in [0.4, 0.5) is 0 Å². The molecule has 5 nitrogen and oxygen atoms in total. The second kappa shape index (κ2) is 11.8. The Bertz CT molecular complexity index is 738. The first-order chi connectivity index (χ1) is 14.0. The number of aliphatic carboxylic acids is 1. The number of unbranched alkanes of at least 4 members (excludes halogenated alkanes) is 3. The normalized spacial score (nSPS) is 13.3. The smallest absolute Gasteiger partial charge is 0.331 e. The quantitative estimate of drug-likeness (QED) is 0.185. The molecule has 0 heterocycles. The number of aliphatic hydroxyl groups excluding tert-OH is 1. The molecule has 0 amide bonds. The van der Waals surface area contributed by atoms with Crippen LogP contribution in [0.2, 0.25) is 0 Å². The second-order valence-corrected chi connectivity index (χ2v) is 8.86. The van der Waals surface area contributed by atoms with E-state index in [2.05, 4.69) is 27.4 Å². The van der Waals surface area contributed by atoms with Gasteiger partial charge in [0.05, 0.1) is 0 Å². The number of aliphatic hydroxyl groups is 1. The van der Waals surface area contributed by atoms with Crippen LogP contribution in [-0.2, 0) is 10.2 Å². The third-order valence-corrected chi connectivity index (χ3v) is 5.57. The number of rotatable bonds is 13. The Hall–Kier alpha value is -2.27. The summed E-state index contributed by atoms with van der Waals surface area (Å²) in [5, 5.41) is 40.2. The van der Waals surface area contributed by atoms with E-state index in [1.807, 2.05) is 6.92 Å².